The zero-order chi connectivity index (χ0) is 13.8. The summed E-state index contributed by atoms with van der Waals surface area (Å²) in [5.74, 6) is -0.0478. The highest BCUT2D eigenvalue weighted by Gasteiger charge is 2.08. The largest absolute Gasteiger partial charge is 0.497 e. The number of aryl methyl sites for hydroxylation is 1. The topological polar surface area (TPSA) is 38.3 Å². The Kier molecular flexibility index (Phi) is 3.80. The Hall–Kier alpha value is -2.36. The van der Waals surface area contributed by atoms with Gasteiger partial charge in [0.25, 0.3) is 5.91 Å². The molecule has 2 rings (SSSR count). The first-order chi connectivity index (χ1) is 9.10. The lowest BCUT2D eigenvalue weighted by Crippen LogP contribution is -2.12. The minimum atomic E-state index is -0.344. The molecule has 0 radical (unpaired) electrons. The maximum atomic E-state index is 13.4. The Morgan fingerprint density at radius 2 is 2.00 bits per heavy atom. The number of anilines is 1. The number of hydrogen-bond acceptors (Lipinski definition) is 2. The van der Waals surface area contributed by atoms with Gasteiger partial charge < -0.3 is 10.1 Å². The summed E-state index contributed by atoms with van der Waals surface area (Å²) in [6.45, 7) is 1.67. The van der Waals surface area contributed by atoms with Gasteiger partial charge in [0.2, 0.25) is 0 Å². The monoisotopic (exact) mass is 259 g/mol. The third kappa shape index (κ3) is 3.10. The smallest absolute Gasteiger partial charge is 0.255 e. The summed E-state index contributed by atoms with van der Waals surface area (Å²) < 4.78 is 18.4. The van der Waals surface area contributed by atoms with E-state index in [4.69, 9.17) is 4.74 Å². The second-order valence-electron chi connectivity index (χ2n) is 4.15. The van der Waals surface area contributed by atoms with Crippen molar-refractivity contribution in [1.82, 2.24) is 0 Å². The lowest BCUT2D eigenvalue weighted by Gasteiger charge is -2.07. The van der Waals surface area contributed by atoms with Crippen LogP contribution in [0.2, 0.25) is 0 Å². The highest BCUT2D eigenvalue weighted by molar-refractivity contribution is 6.04. The van der Waals surface area contributed by atoms with Crippen molar-refractivity contribution < 1.29 is 13.9 Å². The van der Waals surface area contributed by atoms with Crippen LogP contribution in [-0.4, -0.2) is 13.0 Å². The summed E-state index contributed by atoms with van der Waals surface area (Å²) in [7, 11) is 1.53. The summed E-state index contributed by atoms with van der Waals surface area (Å²) in [5, 5.41) is 2.64. The molecule has 0 aliphatic rings. The summed E-state index contributed by atoms with van der Waals surface area (Å²) in [5.41, 5.74) is 1.43. The molecule has 0 aliphatic carbocycles. The highest BCUT2D eigenvalue weighted by atomic mass is 19.1. The van der Waals surface area contributed by atoms with Crippen LogP contribution < -0.4 is 10.1 Å². The minimum absolute atomic E-state index is 0.304. The van der Waals surface area contributed by atoms with E-state index >= 15 is 0 Å². The Morgan fingerprint density at radius 3 is 2.68 bits per heavy atom. The van der Waals surface area contributed by atoms with Crippen molar-refractivity contribution in [2.24, 2.45) is 0 Å². The van der Waals surface area contributed by atoms with Crippen LogP contribution in [0.3, 0.4) is 0 Å². The molecule has 0 aromatic heterocycles. The molecule has 0 aliphatic heterocycles. The lowest BCUT2D eigenvalue weighted by atomic mass is 10.2. The number of nitrogens with one attached hydrogen (secondary N) is 1. The zero-order valence-electron chi connectivity index (χ0n) is 10.7. The van der Waals surface area contributed by atoms with Crippen molar-refractivity contribution in [2.75, 3.05) is 12.4 Å². The minimum Gasteiger partial charge on any atom is -0.497 e. The van der Waals surface area contributed by atoms with Crippen LogP contribution in [0.25, 0.3) is 0 Å². The average molecular weight is 259 g/mol. The first-order valence-electron chi connectivity index (χ1n) is 5.81. The Bertz CT molecular complexity index is 611. The number of hydrogen-bond donors (Lipinski definition) is 1. The molecule has 2 aromatic rings. The van der Waals surface area contributed by atoms with Crippen LogP contribution in [0.5, 0.6) is 5.75 Å². The molecule has 0 saturated heterocycles. The number of methoxy groups -OCH3 is 1. The number of benzene rings is 2. The number of ether oxygens (including phenoxy) is 1. The van der Waals surface area contributed by atoms with E-state index in [0.29, 0.717) is 22.6 Å². The molecular weight excluding hydrogens is 245 g/mol. The Morgan fingerprint density at radius 1 is 1.21 bits per heavy atom. The SMILES string of the molecule is COc1cccc(C(=O)Nc2ccc(C)c(F)c2)c1. The Labute approximate surface area is 111 Å². The van der Waals surface area contributed by atoms with E-state index in [-0.39, 0.29) is 11.7 Å². The standard InChI is InChI=1S/C15H14FNO2/c1-10-6-7-12(9-14(10)16)17-15(18)11-4-3-5-13(8-11)19-2/h3-9H,1-2H3,(H,17,18). The van der Waals surface area contributed by atoms with E-state index in [9.17, 15) is 9.18 Å². The van der Waals surface area contributed by atoms with Gasteiger partial charge in [0.05, 0.1) is 7.11 Å². The number of rotatable bonds is 3. The van der Waals surface area contributed by atoms with Crippen LogP contribution in [0.4, 0.5) is 10.1 Å². The maximum absolute atomic E-state index is 13.4. The molecule has 98 valence electrons. The van der Waals surface area contributed by atoms with Gasteiger partial charge in [-0.1, -0.05) is 12.1 Å². The summed E-state index contributed by atoms with van der Waals surface area (Å²) in [6.07, 6.45) is 0. The van der Waals surface area contributed by atoms with Gasteiger partial charge in [-0.3, -0.25) is 4.79 Å². The second-order valence-corrected chi connectivity index (χ2v) is 4.15. The van der Waals surface area contributed by atoms with Crippen LogP contribution in [0, 0.1) is 12.7 Å². The van der Waals surface area contributed by atoms with Crippen molar-refractivity contribution in [3.8, 4) is 5.75 Å². The van der Waals surface area contributed by atoms with Crippen molar-refractivity contribution in [1.29, 1.82) is 0 Å². The van der Waals surface area contributed by atoms with Crippen LogP contribution >= 0.6 is 0 Å². The zero-order valence-corrected chi connectivity index (χ0v) is 10.7. The van der Waals surface area contributed by atoms with Gasteiger partial charge in [-0.15, -0.1) is 0 Å². The summed E-state index contributed by atoms with van der Waals surface area (Å²) >= 11 is 0. The lowest BCUT2D eigenvalue weighted by molar-refractivity contribution is 0.102. The van der Waals surface area contributed by atoms with Crippen LogP contribution in [-0.2, 0) is 0 Å². The normalized spacial score (nSPS) is 10.1. The molecule has 19 heavy (non-hydrogen) atoms. The third-order valence-electron chi connectivity index (χ3n) is 2.76. The molecule has 0 atom stereocenters. The highest BCUT2D eigenvalue weighted by Crippen LogP contribution is 2.17. The van der Waals surface area contributed by atoms with Gasteiger partial charge in [0.1, 0.15) is 11.6 Å². The molecule has 4 heteroatoms. The molecule has 0 fully saturated rings. The molecule has 0 spiro atoms. The van der Waals surface area contributed by atoms with Gasteiger partial charge in [0.15, 0.2) is 0 Å². The molecule has 0 saturated carbocycles. The quantitative estimate of drug-likeness (QED) is 0.917. The van der Waals surface area contributed by atoms with E-state index in [1.165, 1.54) is 13.2 Å². The van der Waals surface area contributed by atoms with Crippen LogP contribution in [0.1, 0.15) is 15.9 Å². The molecule has 0 heterocycles. The van der Waals surface area contributed by atoms with Gasteiger partial charge in [-0.2, -0.15) is 0 Å². The summed E-state index contributed by atoms with van der Waals surface area (Å²) in [6, 6.07) is 11.4. The van der Waals surface area contributed by atoms with E-state index in [0.717, 1.165) is 0 Å². The molecule has 3 nitrogen and oxygen atoms in total. The molecule has 1 amide bonds. The Balaban J connectivity index is 2.18. The average Bonchev–Trinajstić information content (AvgIpc) is 2.43. The molecule has 2 aromatic carbocycles. The number of carbonyl (C=O) groups is 1. The van der Waals surface area contributed by atoms with Gasteiger partial charge in [-0.05, 0) is 42.8 Å². The van der Waals surface area contributed by atoms with Crippen molar-refractivity contribution in [3.05, 3.63) is 59.4 Å². The van der Waals surface area contributed by atoms with Crippen molar-refractivity contribution >= 4 is 11.6 Å². The van der Waals surface area contributed by atoms with Gasteiger partial charge in [0, 0.05) is 11.3 Å². The fourth-order valence-electron chi connectivity index (χ4n) is 1.64. The fraction of sp³-hybridized carbons (Fsp3) is 0.133. The van der Waals surface area contributed by atoms with Crippen LogP contribution in [0.15, 0.2) is 42.5 Å². The fourth-order valence-corrected chi connectivity index (χ4v) is 1.64. The second kappa shape index (κ2) is 5.52. The number of halogens is 1. The van der Waals surface area contributed by atoms with Gasteiger partial charge in [-0.25, -0.2) is 4.39 Å². The van der Waals surface area contributed by atoms with E-state index in [2.05, 4.69) is 5.32 Å². The molecular formula is C15H14FNO2. The predicted octanol–water partition coefficient (Wildman–Crippen LogP) is 3.40. The van der Waals surface area contributed by atoms with E-state index < -0.39 is 0 Å². The van der Waals surface area contributed by atoms with Crippen molar-refractivity contribution in [2.45, 2.75) is 6.92 Å². The number of carbonyl (C=O) groups excluding carboxylic acids is 1. The summed E-state index contributed by atoms with van der Waals surface area (Å²) in [4.78, 5) is 12.0. The van der Waals surface area contributed by atoms with E-state index in [1.54, 1.807) is 43.3 Å². The molecule has 0 bridgehead atoms. The predicted molar refractivity (Wildman–Crippen MR) is 72.1 cm³/mol. The van der Waals surface area contributed by atoms with Crippen molar-refractivity contribution in [3.63, 3.8) is 0 Å². The first-order valence-corrected chi connectivity index (χ1v) is 5.81. The number of amides is 1. The van der Waals surface area contributed by atoms with E-state index in [1.807, 2.05) is 0 Å². The molecule has 1 N–H and O–H groups in total. The molecule has 0 unspecified atom stereocenters. The van der Waals surface area contributed by atoms with Gasteiger partial charge >= 0.3 is 0 Å². The maximum Gasteiger partial charge on any atom is 0.255 e. The third-order valence-corrected chi connectivity index (χ3v) is 2.76. The first kappa shape index (κ1) is 13.1.